The topological polar surface area (TPSA) is 66.6 Å². The van der Waals surface area contributed by atoms with Gasteiger partial charge in [-0.1, -0.05) is 6.07 Å². The number of hydrogen-bond acceptors (Lipinski definition) is 7. The molecule has 176 valence electrons. The first kappa shape index (κ1) is 23.5. The third-order valence-electron chi connectivity index (χ3n) is 5.38. The molecule has 8 nitrogen and oxygen atoms in total. The van der Waals surface area contributed by atoms with Crippen LogP contribution in [-0.2, 0) is 13.2 Å². The molecule has 0 aliphatic carbocycles. The molecule has 0 fully saturated rings. The van der Waals surface area contributed by atoms with Crippen LogP contribution in [0.5, 0.6) is 17.2 Å². The molecule has 0 saturated carbocycles. The second-order valence-electron chi connectivity index (χ2n) is 7.72. The highest BCUT2D eigenvalue weighted by atomic mass is 32.1. The Labute approximate surface area is 204 Å². The Morgan fingerprint density at radius 1 is 0.882 bits per heavy atom. The highest BCUT2D eigenvalue weighted by Crippen LogP contribution is 2.28. The normalized spacial score (nSPS) is 11.0. The van der Waals surface area contributed by atoms with E-state index in [0.717, 1.165) is 28.4 Å². The fourth-order valence-electron chi connectivity index (χ4n) is 3.72. The van der Waals surface area contributed by atoms with Gasteiger partial charge in [-0.15, -0.1) is 5.10 Å². The summed E-state index contributed by atoms with van der Waals surface area (Å²) in [7, 11) is 6.94. The maximum Gasteiger partial charge on any atom is 0.204 e. The minimum absolute atomic E-state index is 0.508. The van der Waals surface area contributed by atoms with Crippen molar-refractivity contribution >= 4 is 12.2 Å². The standard InChI is InChI=1S/C25H27N5O3S/c1-28(16-18-5-10-22(32-3)23(15-18)33-4)17-29-25(34)30(20-6-8-21(31-2)9-7-20)24(27-29)19-11-13-26-14-12-19/h5-15H,16-17H2,1-4H3. The second-order valence-corrected chi connectivity index (χ2v) is 8.09. The molecular formula is C25H27N5O3S. The number of pyridine rings is 1. The summed E-state index contributed by atoms with van der Waals surface area (Å²) in [4.78, 5) is 6.27. The van der Waals surface area contributed by atoms with E-state index in [-0.39, 0.29) is 0 Å². The van der Waals surface area contributed by atoms with Gasteiger partial charge in [0.15, 0.2) is 17.3 Å². The van der Waals surface area contributed by atoms with Crippen LogP contribution in [0.2, 0.25) is 0 Å². The van der Waals surface area contributed by atoms with Crippen molar-refractivity contribution < 1.29 is 14.2 Å². The van der Waals surface area contributed by atoms with E-state index in [1.54, 1.807) is 33.7 Å². The van der Waals surface area contributed by atoms with Crippen LogP contribution in [0.1, 0.15) is 5.56 Å². The van der Waals surface area contributed by atoms with E-state index in [0.29, 0.717) is 29.5 Å². The molecule has 2 aromatic carbocycles. The van der Waals surface area contributed by atoms with Gasteiger partial charge < -0.3 is 14.2 Å². The molecular weight excluding hydrogens is 450 g/mol. The van der Waals surface area contributed by atoms with Crippen molar-refractivity contribution in [2.24, 2.45) is 0 Å². The number of methoxy groups -OCH3 is 3. The van der Waals surface area contributed by atoms with E-state index in [9.17, 15) is 0 Å². The van der Waals surface area contributed by atoms with Crippen LogP contribution in [-0.4, -0.2) is 52.6 Å². The molecule has 0 aliphatic heterocycles. The molecule has 0 saturated heterocycles. The van der Waals surface area contributed by atoms with Crippen LogP contribution in [0.3, 0.4) is 0 Å². The Kier molecular flexibility index (Phi) is 7.24. The Bertz CT molecular complexity index is 1300. The smallest absolute Gasteiger partial charge is 0.204 e. The van der Waals surface area contributed by atoms with E-state index >= 15 is 0 Å². The molecule has 2 heterocycles. The number of hydrogen-bond donors (Lipinski definition) is 0. The van der Waals surface area contributed by atoms with Crippen molar-refractivity contribution in [2.75, 3.05) is 28.4 Å². The van der Waals surface area contributed by atoms with Gasteiger partial charge >= 0.3 is 0 Å². The average molecular weight is 478 g/mol. The summed E-state index contributed by atoms with van der Waals surface area (Å²) in [6.45, 7) is 1.19. The molecule has 0 spiro atoms. The van der Waals surface area contributed by atoms with Gasteiger partial charge in [0.25, 0.3) is 0 Å². The van der Waals surface area contributed by atoms with E-state index in [4.69, 9.17) is 31.5 Å². The maximum absolute atomic E-state index is 5.86. The minimum atomic E-state index is 0.508. The summed E-state index contributed by atoms with van der Waals surface area (Å²) in [5.74, 6) is 2.94. The minimum Gasteiger partial charge on any atom is -0.497 e. The van der Waals surface area contributed by atoms with Gasteiger partial charge in [0, 0.05) is 24.5 Å². The second kappa shape index (κ2) is 10.5. The molecule has 4 rings (SSSR count). The number of ether oxygens (including phenoxy) is 3. The number of aromatic nitrogens is 4. The maximum atomic E-state index is 5.86. The molecule has 9 heteroatoms. The zero-order valence-electron chi connectivity index (χ0n) is 19.6. The number of benzene rings is 2. The van der Waals surface area contributed by atoms with Crippen molar-refractivity contribution in [3.8, 4) is 34.3 Å². The lowest BCUT2D eigenvalue weighted by Crippen LogP contribution is -2.22. The molecule has 0 aliphatic rings. The monoisotopic (exact) mass is 477 g/mol. The molecule has 0 unspecified atom stereocenters. The Morgan fingerprint density at radius 2 is 1.59 bits per heavy atom. The van der Waals surface area contributed by atoms with E-state index in [1.165, 1.54) is 0 Å². The van der Waals surface area contributed by atoms with Crippen LogP contribution < -0.4 is 14.2 Å². The van der Waals surface area contributed by atoms with Crippen molar-refractivity contribution in [3.05, 3.63) is 77.3 Å². The van der Waals surface area contributed by atoms with Gasteiger partial charge in [0.1, 0.15) is 5.75 Å². The molecule has 0 N–H and O–H groups in total. The fraction of sp³-hybridized carbons (Fsp3) is 0.240. The summed E-state index contributed by atoms with van der Waals surface area (Å²) in [5, 5.41) is 4.87. The molecule has 0 bridgehead atoms. The predicted octanol–water partition coefficient (Wildman–Crippen LogP) is 4.58. The lowest BCUT2D eigenvalue weighted by molar-refractivity contribution is 0.243. The van der Waals surface area contributed by atoms with Gasteiger partial charge in [-0.2, -0.15) is 0 Å². The average Bonchev–Trinajstić information content (AvgIpc) is 3.20. The number of rotatable bonds is 9. The van der Waals surface area contributed by atoms with E-state index in [1.807, 2.05) is 70.9 Å². The van der Waals surface area contributed by atoms with Gasteiger partial charge in [-0.05, 0) is 73.4 Å². The lowest BCUT2D eigenvalue weighted by Gasteiger charge is -2.17. The zero-order valence-corrected chi connectivity index (χ0v) is 20.5. The van der Waals surface area contributed by atoms with Crippen LogP contribution in [0.4, 0.5) is 0 Å². The summed E-state index contributed by atoms with van der Waals surface area (Å²) in [5.41, 5.74) is 2.93. The van der Waals surface area contributed by atoms with Gasteiger partial charge in [-0.3, -0.25) is 14.5 Å². The fourth-order valence-corrected chi connectivity index (χ4v) is 4.01. The van der Waals surface area contributed by atoms with E-state index < -0.39 is 0 Å². The van der Waals surface area contributed by atoms with Crippen LogP contribution in [0.25, 0.3) is 17.1 Å². The van der Waals surface area contributed by atoms with Gasteiger partial charge in [-0.25, -0.2) is 4.68 Å². The first-order chi connectivity index (χ1) is 16.5. The molecule has 0 radical (unpaired) electrons. The predicted molar refractivity (Wildman–Crippen MR) is 133 cm³/mol. The van der Waals surface area contributed by atoms with Gasteiger partial charge in [0.05, 0.1) is 33.7 Å². The summed E-state index contributed by atoms with van der Waals surface area (Å²) in [6, 6.07) is 17.5. The largest absolute Gasteiger partial charge is 0.497 e. The highest BCUT2D eigenvalue weighted by Gasteiger charge is 2.16. The quantitative estimate of drug-likeness (QED) is 0.327. The Balaban J connectivity index is 1.66. The summed E-state index contributed by atoms with van der Waals surface area (Å²) >= 11 is 5.86. The molecule has 2 aromatic heterocycles. The third kappa shape index (κ3) is 4.95. The zero-order chi connectivity index (χ0) is 24.1. The van der Waals surface area contributed by atoms with Crippen LogP contribution in [0.15, 0.2) is 67.0 Å². The third-order valence-corrected chi connectivity index (χ3v) is 5.78. The summed E-state index contributed by atoms with van der Waals surface area (Å²) < 4.78 is 20.5. The first-order valence-electron chi connectivity index (χ1n) is 10.7. The molecule has 0 amide bonds. The summed E-state index contributed by atoms with van der Waals surface area (Å²) in [6.07, 6.45) is 3.50. The van der Waals surface area contributed by atoms with Crippen LogP contribution in [0, 0.1) is 4.77 Å². The van der Waals surface area contributed by atoms with Crippen molar-refractivity contribution in [3.63, 3.8) is 0 Å². The van der Waals surface area contributed by atoms with Crippen molar-refractivity contribution in [1.29, 1.82) is 0 Å². The number of nitrogens with zero attached hydrogens (tertiary/aromatic N) is 5. The van der Waals surface area contributed by atoms with E-state index in [2.05, 4.69) is 9.88 Å². The molecule has 0 atom stereocenters. The lowest BCUT2D eigenvalue weighted by atomic mass is 10.2. The Hall–Kier alpha value is -3.69. The van der Waals surface area contributed by atoms with Crippen molar-refractivity contribution in [1.82, 2.24) is 24.2 Å². The molecule has 34 heavy (non-hydrogen) atoms. The SMILES string of the molecule is COc1ccc(-n2c(-c3ccncc3)nn(CN(C)Cc3ccc(OC)c(OC)c3)c2=S)cc1. The highest BCUT2D eigenvalue weighted by molar-refractivity contribution is 7.71. The van der Waals surface area contributed by atoms with Gasteiger partial charge in [0.2, 0.25) is 4.77 Å². The molecule has 4 aromatic rings. The first-order valence-corrected chi connectivity index (χ1v) is 11.1. The van der Waals surface area contributed by atoms with Crippen LogP contribution >= 0.6 is 12.2 Å². The van der Waals surface area contributed by atoms with Crippen molar-refractivity contribution in [2.45, 2.75) is 13.2 Å². The Morgan fingerprint density at radius 3 is 2.24 bits per heavy atom.